The van der Waals surface area contributed by atoms with Gasteiger partial charge in [-0.3, -0.25) is 0 Å². The zero-order chi connectivity index (χ0) is 15.1. The van der Waals surface area contributed by atoms with Gasteiger partial charge in [-0.15, -0.1) is 0 Å². The molecule has 0 heterocycles. The van der Waals surface area contributed by atoms with Crippen LogP contribution in [0.15, 0.2) is 42.6 Å². The lowest BCUT2D eigenvalue weighted by Crippen LogP contribution is -1.94. The molecule has 0 fully saturated rings. The van der Waals surface area contributed by atoms with Crippen LogP contribution in [-0.4, -0.2) is 39.3 Å². The normalized spacial score (nSPS) is 6.67. The third-order valence-electron chi connectivity index (χ3n) is 0.777. The largest absolute Gasteiger partial charge is 0.478 e. The molecule has 0 bridgehead atoms. The molecule has 8 heteroatoms. The van der Waals surface area contributed by atoms with Crippen molar-refractivity contribution >= 4 is 24.0 Å². The highest BCUT2D eigenvalue weighted by atomic mass is 16.4. The van der Waals surface area contributed by atoms with Crippen LogP contribution in [0.25, 0.3) is 0 Å². The van der Waals surface area contributed by atoms with E-state index < -0.39 is 23.6 Å². The predicted molar refractivity (Wildman–Crippen MR) is 60.6 cm³/mol. The van der Waals surface area contributed by atoms with Crippen LogP contribution in [0.5, 0.6) is 0 Å². The smallest absolute Gasteiger partial charge is 0.354 e. The second-order valence-electron chi connectivity index (χ2n) is 2.04. The first kappa shape index (κ1) is 20.4. The van der Waals surface area contributed by atoms with Gasteiger partial charge in [-0.25, -0.2) is 19.2 Å². The molecule has 0 aromatic rings. The van der Waals surface area contributed by atoms with Gasteiger partial charge in [0.2, 0.25) is 6.08 Å². The van der Waals surface area contributed by atoms with E-state index in [0.717, 1.165) is 18.2 Å². The Labute approximate surface area is 102 Å². The molecule has 8 nitrogen and oxygen atoms in total. The molecule has 18 heavy (non-hydrogen) atoms. The third-order valence-corrected chi connectivity index (χ3v) is 0.777. The number of aliphatic imine (C=N–C) groups is 1. The maximum Gasteiger partial charge on any atom is 0.354 e. The standard InChI is InChI=1S/C4H3NO3.2C3H4O2/c1-3(4(7)8)5-2-6;2*1-2-3(4)5/h1H2,(H,7,8);2*2H,1H2,(H,4,5). The van der Waals surface area contributed by atoms with Gasteiger partial charge in [-0.05, 0) is 0 Å². The molecule has 0 unspecified atom stereocenters. The van der Waals surface area contributed by atoms with Crippen LogP contribution in [0.3, 0.4) is 0 Å². The van der Waals surface area contributed by atoms with Gasteiger partial charge in [-0.1, -0.05) is 19.7 Å². The minimum Gasteiger partial charge on any atom is -0.478 e. The van der Waals surface area contributed by atoms with Gasteiger partial charge in [0.25, 0.3) is 0 Å². The summed E-state index contributed by atoms with van der Waals surface area (Å²) < 4.78 is 0. The highest BCUT2D eigenvalue weighted by Crippen LogP contribution is 1.86. The van der Waals surface area contributed by atoms with Crippen LogP contribution in [0, 0.1) is 0 Å². The number of carbonyl (C=O) groups excluding carboxylic acids is 1. The molecule has 0 aliphatic heterocycles. The van der Waals surface area contributed by atoms with Gasteiger partial charge < -0.3 is 15.3 Å². The molecule has 3 N–H and O–H groups in total. The molecular formula is C10H11NO7. The summed E-state index contributed by atoms with van der Waals surface area (Å²) in [7, 11) is 0. The second-order valence-corrected chi connectivity index (χ2v) is 2.04. The molecule has 0 aromatic carbocycles. The number of rotatable bonds is 4. The molecule has 0 rings (SSSR count). The van der Waals surface area contributed by atoms with Gasteiger partial charge in [0.1, 0.15) is 0 Å². The molecule has 0 spiro atoms. The van der Waals surface area contributed by atoms with Crippen LogP contribution in [0.1, 0.15) is 0 Å². The van der Waals surface area contributed by atoms with Crippen molar-refractivity contribution in [2.45, 2.75) is 0 Å². The first-order chi connectivity index (χ1) is 8.22. The lowest BCUT2D eigenvalue weighted by Gasteiger charge is -1.80. The Balaban J connectivity index is -0.000000197. The first-order valence-electron chi connectivity index (χ1n) is 3.93. The van der Waals surface area contributed by atoms with Crippen molar-refractivity contribution in [1.29, 1.82) is 0 Å². The average Bonchev–Trinajstić information content (AvgIpc) is 2.30. The van der Waals surface area contributed by atoms with Crippen LogP contribution >= 0.6 is 0 Å². The average molecular weight is 257 g/mol. The molecule has 0 aliphatic rings. The van der Waals surface area contributed by atoms with Crippen molar-refractivity contribution in [2.75, 3.05) is 0 Å². The summed E-state index contributed by atoms with van der Waals surface area (Å²) in [6.07, 6.45) is 2.71. The highest BCUT2D eigenvalue weighted by molar-refractivity contribution is 5.86. The van der Waals surface area contributed by atoms with Crippen LogP contribution in [0.4, 0.5) is 0 Å². The summed E-state index contributed by atoms with van der Waals surface area (Å²) in [5.74, 6) is -3.27. The van der Waals surface area contributed by atoms with Crippen LogP contribution < -0.4 is 0 Å². The molecule has 0 radical (unpaired) electrons. The van der Waals surface area contributed by atoms with Gasteiger partial charge in [0.15, 0.2) is 5.70 Å². The number of carbonyl (C=O) groups is 3. The van der Waals surface area contributed by atoms with E-state index in [1.54, 1.807) is 0 Å². The Morgan fingerprint density at radius 1 is 1.00 bits per heavy atom. The molecule has 0 atom stereocenters. The Morgan fingerprint density at radius 2 is 1.28 bits per heavy atom. The summed E-state index contributed by atoms with van der Waals surface area (Å²) >= 11 is 0. The maximum absolute atomic E-state index is 9.72. The highest BCUT2D eigenvalue weighted by Gasteiger charge is 1.97. The third kappa shape index (κ3) is 29.2. The van der Waals surface area contributed by atoms with Crippen molar-refractivity contribution < 1.29 is 34.5 Å². The monoisotopic (exact) mass is 257 g/mol. The van der Waals surface area contributed by atoms with E-state index >= 15 is 0 Å². The van der Waals surface area contributed by atoms with E-state index in [9.17, 15) is 19.2 Å². The zero-order valence-electron chi connectivity index (χ0n) is 9.20. The van der Waals surface area contributed by atoms with E-state index in [-0.39, 0.29) is 0 Å². The molecule has 0 aromatic heterocycles. The second kappa shape index (κ2) is 14.0. The SMILES string of the molecule is C=C(N=C=O)C(=O)O.C=CC(=O)O.C=CC(=O)O. The van der Waals surface area contributed by atoms with Crippen LogP contribution in [0.2, 0.25) is 0 Å². The maximum atomic E-state index is 9.72. The molecule has 98 valence electrons. The predicted octanol–water partition coefficient (Wildman–Crippen LogP) is 0.434. The fourth-order valence-electron chi connectivity index (χ4n) is 0.103. The van der Waals surface area contributed by atoms with Crippen molar-refractivity contribution in [3.8, 4) is 0 Å². The van der Waals surface area contributed by atoms with Crippen LogP contribution in [-0.2, 0) is 19.2 Å². The fourth-order valence-corrected chi connectivity index (χ4v) is 0.103. The van der Waals surface area contributed by atoms with Gasteiger partial charge >= 0.3 is 17.9 Å². The van der Waals surface area contributed by atoms with E-state index in [1.165, 1.54) is 0 Å². The summed E-state index contributed by atoms with van der Waals surface area (Å²) in [4.78, 5) is 40.2. The minimum absolute atomic E-state index is 0.500. The van der Waals surface area contributed by atoms with E-state index in [1.807, 2.05) is 0 Å². The van der Waals surface area contributed by atoms with Gasteiger partial charge in [-0.2, -0.15) is 4.99 Å². The van der Waals surface area contributed by atoms with Crippen molar-refractivity contribution in [3.05, 3.63) is 37.6 Å². The summed E-state index contributed by atoms with van der Waals surface area (Å²) in [5.41, 5.74) is -0.500. The summed E-state index contributed by atoms with van der Waals surface area (Å²) in [6, 6.07) is 0. The fraction of sp³-hybridized carbons (Fsp3) is 0. The Kier molecular flexibility index (Phi) is 15.9. The quantitative estimate of drug-likeness (QED) is 0.376. The van der Waals surface area contributed by atoms with Crippen molar-refractivity contribution in [1.82, 2.24) is 0 Å². The number of carboxylic acid groups (broad SMARTS) is 3. The van der Waals surface area contributed by atoms with Gasteiger partial charge in [0, 0.05) is 12.2 Å². The van der Waals surface area contributed by atoms with E-state index in [4.69, 9.17) is 15.3 Å². The lowest BCUT2D eigenvalue weighted by atomic mass is 10.5. The van der Waals surface area contributed by atoms with Crippen molar-refractivity contribution in [2.24, 2.45) is 4.99 Å². The van der Waals surface area contributed by atoms with Crippen molar-refractivity contribution in [3.63, 3.8) is 0 Å². The number of aliphatic carboxylic acids is 3. The number of isocyanates is 1. The topological polar surface area (TPSA) is 141 Å². The van der Waals surface area contributed by atoms with Gasteiger partial charge in [0.05, 0.1) is 0 Å². The van der Waals surface area contributed by atoms with E-state index in [0.29, 0.717) is 0 Å². The molecule has 0 saturated heterocycles. The minimum atomic E-state index is -1.31. The Bertz CT molecular complexity index is 369. The Morgan fingerprint density at radius 3 is 1.33 bits per heavy atom. The summed E-state index contributed by atoms with van der Waals surface area (Å²) in [5, 5.41) is 23.1. The molecule has 0 aliphatic carbocycles. The number of hydrogen-bond donors (Lipinski definition) is 3. The lowest BCUT2D eigenvalue weighted by molar-refractivity contribution is -0.133. The van der Waals surface area contributed by atoms with E-state index in [2.05, 4.69) is 24.7 Å². The zero-order valence-corrected chi connectivity index (χ0v) is 9.20. The first-order valence-corrected chi connectivity index (χ1v) is 3.93. The number of carboxylic acids is 3. The summed E-state index contributed by atoms with van der Waals surface area (Å²) in [6.45, 7) is 8.84. The number of nitrogens with zero attached hydrogens (tertiary/aromatic N) is 1. The molecule has 0 amide bonds. The molecular weight excluding hydrogens is 246 g/mol. The number of hydrogen-bond acceptors (Lipinski definition) is 5. The Hall–Kier alpha value is -2.99. The molecule has 0 saturated carbocycles.